The van der Waals surface area contributed by atoms with Crippen LogP contribution in [-0.2, 0) is 17.1 Å². The van der Waals surface area contributed by atoms with Gasteiger partial charge in [0.15, 0.2) is 0 Å². The zero-order valence-corrected chi connectivity index (χ0v) is 7.10. The minimum Gasteiger partial charge on any atom is -0.394 e. The van der Waals surface area contributed by atoms with Crippen LogP contribution in [-0.4, -0.2) is 15.2 Å². The fourth-order valence-corrected chi connectivity index (χ4v) is 0.464. The maximum absolute atomic E-state index is 3.66. The molecule has 0 saturated carbocycles. The van der Waals surface area contributed by atoms with Crippen molar-refractivity contribution >= 4 is 0 Å². The molecule has 1 radical (unpaired) electrons. The van der Waals surface area contributed by atoms with E-state index < -0.39 is 0 Å². The molecule has 0 fully saturated rings. The minimum absolute atomic E-state index is 0. The summed E-state index contributed by atoms with van der Waals surface area (Å²) in [5.41, 5.74) is 0. The number of hydrogen-bond acceptors (Lipinski definition) is 2. The van der Waals surface area contributed by atoms with E-state index in [0.717, 1.165) is 0 Å². The van der Waals surface area contributed by atoms with Gasteiger partial charge in [-0.2, -0.15) is 24.3 Å². The van der Waals surface area contributed by atoms with Gasteiger partial charge in [0.25, 0.3) is 0 Å². The third kappa shape index (κ3) is 5.65. The molecule has 0 unspecified atom stereocenters. The molecule has 2 rings (SSSR count). The van der Waals surface area contributed by atoms with Gasteiger partial charge in [-0.1, -0.05) is 12.4 Å². The Morgan fingerprint density at radius 3 is 2.17 bits per heavy atom. The van der Waals surface area contributed by atoms with E-state index in [4.69, 9.17) is 0 Å². The molecule has 0 aliphatic heterocycles. The fraction of sp³-hybridized carbons (Fsp3) is 0. The second kappa shape index (κ2) is 7.98. The number of rotatable bonds is 0. The molecule has 1 N–H and O–H groups in total. The van der Waals surface area contributed by atoms with Crippen LogP contribution in [0.25, 0.3) is 0 Å². The fourth-order valence-electron chi connectivity index (χ4n) is 0.464. The van der Waals surface area contributed by atoms with Crippen LogP contribution in [0, 0.1) is 12.4 Å². The molecular weight excluding hydrogens is 202 g/mol. The van der Waals surface area contributed by atoms with Crippen molar-refractivity contribution in [1.29, 1.82) is 0 Å². The topological polar surface area (TPSA) is 41.6 Å². The van der Waals surface area contributed by atoms with Gasteiger partial charge in [0, 0.05) is 0 Å². The Hall–Kier alpha value is -1.12. The predicted molar refractivity (Wildman–Crippen MR) is 40.5 cm³/mol. The van der Waals surface area contributed by atoms with Gasteiger partial charge in [-0.25, -0.2) is 0 Å². The molecule has 0 spiro atoms. The van der Waals surface area contributed by atoms with Crippen molar-refractivity contribution in [2.75, 3.05) is 0 Å². The predicted octanol–water partition coefficient (Wildman–Crippen LogP) is 1.09. The first-order chi connectivity index (χ1) is 5.50. The molecular formula is C8H7CuN3. The van der Waals surface area contributed by atoms with Gasteiger partial charge in [-0.15, -0.1) is 12.4 Å². The Morgan fingerprint density at radius 2 is 2.00 bits per heavy atom. The van der Waals surface area contributed by atoms with Gasteiger partial charge >= 0.3 is 17.1 Å². The van der Waals surface area contributed by atoms with Gasteiger partial charge in [0.2, 0.25) is 0 Å². The quantitative estimate of drug-likeness (QED) is 0.520. The molecule has 65 valence electrons. The summed E-state index contributed by atoms with van der Waals surface area (Å²) in [5, 5.41) is 6.03. The standard InChI is InChI=1S/C5H4N.C3H3N2.Cu/c1-2-4-6-5-3-1;1-2-4-5-3-1;/h1-4H;1-2H,(H,4,5);/q2*-1;+2. The van der Waals surface area contributed by atoms with E-state index >= 15 is 0 Å². The van der Waals surface area contributed by atoms with Gasteiger partial charge < -0.3 is 15.2 Å². The third-order valence-corrected chi connectivity index (χ3v) is 0.879. The summed E-state index contributed by atoms with van der Waals surface area (Å²) in [6.45, 7) is 0. The number of H-pyrrole nitrogens is 1. The zero-order chi connectivity index (χ0) is 7.78. The summed E-state index contributed by atoms with van der Waals surface area (Å²) < 4.78 is 0. The zero-order valence-electron chi connectivity index (χ0n) is 6.16. The molecule has 3 nitrogen and oxygen atoms in total. The van der Waals surface area contributed by atoms with Crippen molar-refractivity contribution in [2.45, 2.75) is 0 Å². The molecule has 0 atom stereocenters. The average Bonchev–Trinajstić information content (AvgIpc) is 2.64. The molecule has 0 amide bonds. The van der Waals surface area contributed by atoms with Crippen molar-refractivity contribution in [3.63, 3.8) is 0 Å². The first kappa shape index (κ1) is 10.9. The molecule has 12 heavy (non-hydrogen) atoms. The first-order valence-electron chi connectivity index (χ1n) is 3.13. The normalized spacial score (nSPS) is 7.33. The minimum atomic E-state index is 0. The van der Waals surface area contributed by atoms with Gasteiger partial charge in [-0.05, 0) is 0 Å². The smallest absolute Gasteiger partial charge is 0.394 e. The monoisotopic (exact) mass is 208 g/mol. The molecule has 0 aliphatic carbocycles. The summed E-state index contributed by atoms with van der Waals surface area (Å²) in [6.07, 6.45) is 8.60. The maximum Gasteiger partial charge on any atom is 2.00 e. The Kier molecular flexibility index (Phi) is 7.24. The van der Waals surface area contributed by atoms with Crippen LogP contribution >= 0.6 is 0 Å². The van der Waals surface area contributed by atoms with E-state index in [1.54, 1.807) is 24.5 Å². The average molecular weight is 209 g/mol. The van der Waals surface area contributed by atoms with E-state index in [1.807, 2.05) is 12.1 Å². The molecule has 4 heteroatoms. The van der Waals surface area contributed by atoms with E-state index in [2.05, 4.69) is 27.6 Å². The Morgan fingerprint density at radius 1 is 1.08 bits per heavy atom. The number of hydrogen-bond donors (Lipinski definition) is 1. The number of aromatic amines is 1. The summed E-state index contributed by atoms with van der Waals surface area (Å²) in [5.74, 6) is 0. The van der Waals surface area contributed by atoms with Crippen LogP contribution in [0.4, 0.5) is 0 Å². The van der Waals surface area contributed by atoms with Crippen LogP contribution in [0.1, 0.15) is 0 Å². The molecule has 0 saturated heterocycles. The van der Waals surface area contributed by atoms with Crippen molar-refractivity contribution in [1.82, 2.24) is 15.2 Å². The van der Waals surface area contributed by atoms with Crippen molar-refractivity contribution in [3.05, 3.63) is 49.1 Å². The van der Waals surface area contributed by atoms with Gasteiger partial charge in [0.05, 0.1) is 0 Å². The molecule has 0 aliphatic rings. The number of pyridine rings is 1. The second-order valence-corrected chi connectivity index (χ2v) is 1.66. The number of aromatic nitrogens is 3. The van der Waals surface area contributed by atoms with Crippen molar-refractivity contribution in [2.24, 2.45) is 0 Å². The van der Waals surface area contributed by atoms with Crippen LogP contribution in [0.3, 0.4) is 0 Å². The summed E-state index contributed by atoms with van der Waals surface area (Å²) in [6, 6.07) is 7.21. The summed E-state index contributed by atoms with van der Waals surface area (Å²) in [7, 11) is 0. The summed E-state index contributed by atoms with van der Waals surface area (Å²) in [4.78, 5) is 3.66. The van der Waals surface area contributed by atoms with Crippen molar-refractivity contribution in [3.8, 4) is 0 Å². The number of nitrogens with zero attached hydrogens (tertiary/aromatic N) is 2. The summed E-state index contributed by atoms with van der Waals surface area (Å²) >= 11 is 0. The van der Waals surface area contributed by atoms with E-state index in [-0.39, 0.29) is 17.1 Å². The van der Waals surface area contributed by atoms with E-state index in [9.17, 15) is 0 Å². The maximum atomic E-state index is 3.66. The van der Waals surface area contributed by atoms with Crippen molar-refractivity contribution < 1.29 is 17.1 Å². The van der Waals surface area contributed by atoms with Gasteiger partial charge in [-0.3, -0.25) is 0 Å². The Balaban J connectivity index is 0.000000189. The molecule has 2 heterocycles. The van der Waals surface area contributed by atoms with Gasteiger partial charge in [0.1, 0.15) is 0 Å². The van der Waals surface area contributed by atoms with Crippen LogP contribution < -0.4 is 0 Å². The first-order valence-corrected chi connectivity index (χ1v) is 3.13. The molecule has 0 bridgehead atoms. The Labute approximate surface area is 81.7 Å². The van der Waals surface area contributed by atoms with Crippen LogP contribution in [0.15, 0.2) is 36.7 Å². The molecule has 2 aromatic heterocycles. The molecule has 2 aromatic rings. The molecule has 0 aromatic carbocycles. The SMILES string of the molecule is [Cu+2].[c-]1cc[nH]n1.[c-]1ccccn1. The van der Waals surface area contributed by atoms with E-state index in [1.165, 1.54) is 0 Å². The largest absolute Gasteiger partial charge is 2.00 e. The van der Waals surface area contributed by atoms with E-state index in [0.29, 0.717) is 0 Å². The third-order valence-electron chi connectivity index (χ3n) is 0.879. The van der Waals surface area contributed by atoms with Crippen LogP contribution in [0.2, 0.25) is 0 Å². The van der Waals surface area contributed by atoms with Crippen LogP contribution in [0.5, 0.6) is 0 Å². The Bertz CT molecular complexity index is 200. The number of nitrogens with one attached hydrogen (secondary N) is 1. The second-order valence-electron chi connectivity index (χ2n) is 1.66.